The van der Waals surface area contributed by atoms with E-state index in [1.165, 1.54) is 0 Å². The van der Waals surface area contributed by atoms with Crippen LogP contribution in [0, 0.1) is 0 Å². The molecule has 19 heavy (non-hydrogen) atoms. The highest BCUT2D eigenvalue weighted by Gasteiger charge is 2.16. The Morgan fingerprint density at radius 2 is 1.84 bits per heavy atom. The molecule has 6 heteroatoms. The predicted molar refractivity (Wildman–Crippen MR) is 72.0 cm³/mol. The van der Waals surface area contributed by atoms with E-state index in [2.05, 4.69) is 4.72 Å². The highest BCUT2D eigenvalue weighted by molar-refractivity contribution is 7.88. The van der Waals surface area contributed by atoms with Crippen LogP contribution in [0.1, 0.15) is 18.4 Å². The number of nitrogens with one attached hydrogen (secondary N) is 1. The zero-order valence-corrected chi connectivity index (χ0v) is 11.6. The third-order valence-electron chi connectivity index (χ3n) is 2.80. The summed E-state index contributed by atoms with van der Waals surface area (Å²) >= 11 is 0. The molecule has 0 aromatic heterocycles. The van der Waals surface area contributed by atoms with Crippen molar-refractivity contribution in [3.8, 4) is 0 Å². The normalized spacial score (nSPS) is 17.5. The van der Waals surface area contributed by atoms with Crippen molar-refractivity contribution in [2.75, 3.05) is 19.8 Å². The van der Waals surface area contributed by atoms with Crippen LogP contribution in [0.2, 0.25) is 0 Å². The summed E-state index contributed by atoms with van der Waals surface area (Å²) in [5.41, 5.74) is 0.778. The summed E-state index contributed by atoms with van der Waals surface area (Å²) in [5.74, 6) is 0.000219. The van der Waals surface area contributed by atoms with Gasteiger partial charge in [-0.05, 0) is 12.0 Å². The molecule has 1 fully saturated rings. The van der Waals surface area contributed by atoms with Gasteiger partial charge in [0.25, 0.3) is 0 Å². The van der Waals surface area contributed by atoms with Crippen LogP contribution in [0.3, 0.4) is 0 Å². The second-order valence-corrected chi connectivity index (χ2v) is 6.26. The van der Waals surface area contributed by atoms with Crippen molar-refractivity contribution in [1.29, 1.82) is 0 Å². The van der Waals surface area contributed by atoms with Crippen molar-refractivity contribution in [1.82, 2.24) is 4.72 Å². The number of rotatable bonds is 6. The van der Waals surface area contributed by atoms with Gasteiger partial charge in [-0.25, -0.2) is 13.1 Å². The lowest BCUT2D eigenvalue weighted by atomic mass is 10.2. The lowest BCUT2D eigenvalue weighted by Gasteiger charge is -2.23. The molecule has 5 nitrogen and oxygen atoms in total. The summed E-state index contributed by atoms with van der Waals surface area (Å²) in [7, 11) is -3.30. The molecule has 1 aromatic rings. The quantitative estimate of drug-likeness (QED) is 0.854. The maximum Gasteiger partial charge on any atom is 0.215 e. The Balaban J connectivity index is 1.74. The summed E-state index contributed by atoms with van der Waals surface area (Å²) in [4.78, 5) is 0. The van der Waals surface area contributed by atoms with Gasteiger partial charge < -0.3 is 9.47 Å². The predicted octanol–water partition coefficient (Wildman–Crippen LogP) is 1.26. The first kappa shape index (κ1) is 14.5. The van der Waals surface area contributed by atoms with Gasteiger partial charge in [-0.15, -0.1) is 0 Å². The first-order chi connectivity index (χ1) is 9.16. The molecule has 1 aliphatic heterocycles. The minimum Gasteiger partial charge on any atom is -0.353 e. The molecule has 0 atom stereocenters. The van der Waals surface area contributed by atoms with E-state index in [1.807, 2.05) is 18.2 Å². The van der Waals surface area contributed by atoms with Crippen molar-refractivity contribution in [3.05, 3.63) is 35.9 Å². The third-order valence-corrected chi connectivity index (χ3v) is 4.16. The highest BCUT2D eigenvalue weighted by atomic mass is 32.2. The maximum absolute atomic E-state index is 11.8. The molecule has 1 heterocycles. The maximum atomic E-state index is 11.8. The van der Waals surface area contributed by atoms with Crippen molar-refractivity contribution in [2.45, 2.75) is 24.9 Å². The van der Waals surface area contributed by atoms with E-state index in [0.717, 1.165) is 12.0 Å². The van der Waals surface area contributed by atoms with Crippen LogP contribution in [0.15, 0.2) is 30.3 Å². The fourth-order valence-corrected chi connectivity index (χ4v) is 3.04. The second kappa shape index (κ2) is 7.00. The van der Waals surface area contributed by atoms with Crippen molar-refractivity contribution in [3.63, 3.8) is 0 Å². The molecule has 1 saturated heterocycles. The Labute approximate surface area is 114 Å². The first-order valence-corrected chi connectivity index (χ1v) is 8.05. The van der Waals surface area contributed by atoms with Crippen LogP contribution in [-0.4, -0.2) is 34.5 Å². The first-order valence-electron chi connectivity index (χ1n) is 6.40. The van der Waals surface area contributed by atoms with E-state index < -0.39 is 10.0 Å². The summed E-state index contributed by atoms with van der Waals surface area (Å²) in [6.07, 6.45) is 1.15. The fourth-order valence-electron chi connectivity index (χ4n) is 1.88. The Bertz CT molecular complexity index is 469. The number of ether oxygens (including phenoxy) is 2. The average molecular weight is 285 g/mol. The van der Waals surface area contributed by atoms with E-state index in [4.69, 9.17) is 9.47 Å². The number of sulfonamides is 1. The SMILES string of the molecule is O=S(=O)(Cc1ccccc1)NCCC1OCCCO1. The molecule has 106 valence electrons. The Kier molecular flexibility index (Phi) is 5.33. The Morgan fingerprint density at radius 3 is 2.53 bits per heavy atom. The largest absolute Gasteiger partial charge is 0.353 e. The smallest absolute Gasteiger partial charge is 0.215 e. The van der Waals surface area contributed by atoms with Crippen molar-refractivity contribution < 1.29 is 17.9 Å². The Hall–Kier alpha value is -0.950. The molecule has 0 aliphatic carbocycles. The molecule has 1 aliphatic rings. The minimum atomic E-state index is -3.30. The van der Waals surface area contributed by atoms with E-state index in [9.17, 15) is 8.42 Å². The van der Waals surface area contributed by atoms with E-state index in [-0.39, 0.29) is 12.0 Å². The molecular formula is C13H19NO4S. The average Bonchev–Trinajstić information content (AvgIpc) is 2.40. The molecule has 2 rings (SSSR count). The zero-order chi connectivity index (χ0) is 13.6. The van der Waals surface area contributed by atoms with Crippen LogP contribution < -0.4 is 4.72 Å². The van der Waals surface area contributed by atoms with E-state index in [0.29, 0.717) is 26.2 Å². The van der Waals surface area contributed by atoms with Crippen LogP contribution in [0.25, 0.3) is 0 Å². The lowest BCUT2D eigenvalue weighted by molar-refractivity contribution is -0.180. The Morgan fingerprint density at radius 1 is 1.16 bits per heavy atom. The van der Waals surface area contributed by atoms with Gasteiger partial charge in [0.15, 0.2) is 6.29 Å². The standard InChI is InChI=1S/C13H19NO4S/c15-19(16,11-12-5-2-1-3-6-12)14-8-7-13-17-9-4-10-18-13/h1-3,5-6,13-14H,4,7-11H2. The molecule has 0 saturated carbocycles. The summed E-state index contributed by atoms with van der Waals surface area (Å²) in [6, 6.07) is 9.11. The van der Waals surface area contributed by atoms with Crippen LogP contribution >= 0.6 is 0 Å². The molecule has 0 amide bonds. The summed E-state index contributed by atoms with van der Waals surface area (Å²) < 4.78 is 37.0. The molecule has 0 spiro atoms. The van der Waals surface area contributed by atoms with Gasteiger partial charge in [-0.3, -0.25) is 0 Å². The molecule has 1 aromatic carbocycles. The molecule has 1 N–H and O–H groups in total. The van der Waals surface area contributed by atoms with Gasteiger partial charge in [0.1, 0.15) is 0 Å². The third kappa shape index (κ3) is 5.28. The second-order valence-electron chi connectivity index (χ2n) is 4.45. The van der Waals surface area contributed by atoms with Gasteiger partial charge in [0, 0.05) is 13.0 Å². The monoisotopic (exact) mass is 285 g/mol. The van der Waals surface area contributed by atoms with Gasteiger partial charge in [-0.1, -0.05) is 30.3 Å². The van der Waals surface area contributed by atoms with Crippen molar-refractivity contribution in [2.24, 2.45) is 0 Å². The highest BCUT2D eigenvalue weighted by Crippen LogP contribution is 2.08. The van der Waals surface area contributed by atoms with E-state index >= 15 is 0 Å². The van der Waals surface area contributed by atoms with Crippen LogP contribution in [0.4, 0.5) is 0 Å². The summed E-state index contributed by atoms with van der Waals surface area (Å²) in [6.45, 7) is 1.70. The zero-order valence-electron chi connectivity index (χ0n) is 10.7. The number of hydrogen-bond donors (Lipinski definition) is 1. The summed E-state index contributed by atoms with van der Waals surface area (Å²) in [5, 5.41) is 0. The molecule has 0 radical (unpaired) electrons. The molecule has 0 unspecified atom stereocenters. The number of benzene rings is 1. The number of hydrogen-bond acceptors (Lipinski definition) is 4. The van der Waals surface area contributed by atoms with E-state index in [1.54, 1.807) is 12.1 Å². The molecular weight excluding hydrogens is 266 g/mol. The van der Waals surface area contributed by atoms with Crippen molar-refractivity contribution >= 4 is 10.0 Å². The van der Waals surface area contributed by atoms with Crippen LogP contribution in [0.5, 0.6) is 0 Å². The van der Waals surface area contributed by atoms with Gasteiger partial charge in [-0.2, -0.15) is 0 Å². The van der Waals surface area contributed by atoms with Gasteiger partial charge >= 0.3 is 0 Å². The fraction of sp³-hybridized carbons (Fsp3) is 0.538. The minimum absolute atomic E-state index is 0.000219. The molecule has 0 bridgehead atoms. The van der Waals surface area contributed by atoms with Gasteiger partial charge in [0.2, 0.25) is 10.0 Å². The van der Waals surface area contributed by atoms with Gasteiger partial charge in [0.05, 0.1) is 19.0 Å². The lowest BCUT2D eigenvalue weighted by Crippen LogP contribution is -2.32. The van der Waals surface area contributed by atoms with Crippen LogP contribution in [-0.2, 0) is 25.2 Å². The topological polar surface area (TPSA) is 64.6 Å².